The van der Waals surface area contributed by atoms with E-state index >= 15 is 0 Å². The average Bonchev–Trinajstić information content (AvgIpc) is 3.81. The second kappa shape index (κ2) is 11.9. The van der Waals surface area contributed by atoms with Crippen LogP contribution in [0.4, 0.5) is 17.1 Å². The van der Waals surface area contributed by atoms with Crippen molar-refractivity contribution in [1.82, 2.24) is 9.55 Å². The molecule has 0 aliphatic carbocycles. The lowest BCUT2D eigenvalue weighted by Gasteiger charge is -2.26. The minimum Gasteiger partial charge on any atom is -0.310 e. The number of para-hydroxylation sites is 2. The van der Waals surface area contributed by atoms with Crippen LogP contribution in [0.25, 0.3) is 80.6 Å². The summed E-state index contributed by atoms with van der Waals surface area (Å²) in [6.45, 7) is 0. The third-order valence-corrected chi connectivity index (χ3v) is 11.7. The molecule has 0 aliphatic rings. The molecule has 0 N–H and O–H groups in total. The van der Waals surface area contributed by atoms with Crippen LogP contribution in [0.5, 0.6) is 0 Å². The van der Waals surface area contributed by atoms with E-state index < -0.39 is 0 Å². The van der Waals surface area contributed by atoms with Gasteiger partial charge >= 0.3 is 0 Å². The second-order valence-corrected chi connectivity index (χ2v) is 14.6. The number of fused-ring (bicyclic) bond motifs is 9. The highest BCUT2D eigenvalue weighted by molar-refractivity contribution is 7.22. The van der Waals surface area contributed by atoms with Gasteiger partial charge in [-0.25, -0.2) is 4.98 Å². The van der Waals surface area contributed by atoms with Gasteiger partial charge in [0.1, 0.15) is 5.01 Å². The molecule has 2 heterocycles. The van der Waals surface area contributed by atoms with Crippen LogP contribution in [-0.2, 0) is 0 Å². The minimum absolute atomic E-state index is 1.03. The number of rotatable bonds is 5. The number of hydrogen-bond donors (Lipinski definition) is 0. The SMILES string of the molecule is c1ccc(-c2nc3ccc4ccc5ccc(N(c6ccccc6)c6ccc7c8ccccc8n(-c8ccc9ccccc9c8)c7c6)cc5c4c3s2)cc1. The van der Waals surface area contributed by atoms with E-state index in [1.807, 2.05) is 0 Å². The molecular weight excluding hydrogens is 663 g/mol. The Morgan fingerprint density at radius 2 is 1.09 bits per heavy atom. The molecule has 0 fully saturated rings. The summed E-state index contributed by atoms with van der Waals surface area (Å²) < 4.78 is 3.64. The summed E-state index contributed by atoms with van der Waals surface area (Å²) in [5.41, 5.74) is 9.01. The Hall–Kier alpha value is -6.75. The summed E-state index contributed by atoms with van der Waals surface area (Å²) in [4.78, 5) is 7.49. The van der Waals surface area contributed by atoms with E-state index in [0.717, 1.165) is 38.8 Å². The molecule has 0 bridgehead atoms. The van der Waals surface area contributed by atoms with Gasteiger partial charge in [-0.3, -0.25) is 0 Å². The highest BCUT2D eigenvalue weighted by atomic mass is 32.1. The van der Waals surface area contributed by atoms with Crippen molar-refractivity contribution >= 4 is 92.7 Å². The van der Waals surface area contributed by atoms with Gasteiger partial charge in [0.05, 0.1) is 21.3 Å². The number of nitrogens with zero attached hydrogens (tertiary/aromatic N) is 3. The Balaban J connectivity index is 1.15. The molecule has 248 valence electrons. The van der Waals surface area contributed by atoms with Crippen LogP contribution in [0, 0.1) is 0 Å². The van der Waals surface area contributed by atoms with E-state index in [-0.39, 0.29) is 0 Å². The Kier molecular flexibility index (Phi) is 6.73. The zero-order valence-corrected chi connectivity index (χ0v) is 29.5. The first-order valence-electron chi connectivity index (χ1n) is 18.0. The first-order valence-corrected chi connectivity index (χ1v) is 18.8. The monoisotopic (exact) mass is 693 g/mol. The third kappa shape index (κ3) is 4.84. The fourth-order valence-corrected chi connectivity index (χ4v) is 9.21. The molecule has 2 aromatic heterocycles. The lowest BCUT2D eigenvalue weighted by Crippen LogP contribution is -2.10. The van der Waals surface area contributed by atoms with Gasteiger partial charge in [0, 0.05) is 44.5 Å². The van der Waals surface area contributed by atoms with E-state index in [9.17, 15) is 0 Å². The Morgan fingerprint density at radius 1 is 0.434 bits per heavy atom. The number of anilines is 3. The van der Waals surface area contributed by atoms with Crippen molar-refractivity contribution in [3.05, 3.63) is 188 Å². The lowest BCUT2D eigenvalue weighted by atomic mass is 10.0. The van der Waals surface area contributed by atoms with Gasteiger partial charge < -0.3 is 9.47 Å². The van der Waals surface area contributed by atoms with Crippen LogP contribution in [-0.4, -0.2) is 9.55 Å². The summed E-state index contributed by atoms with van der Waals surface area (Å²) in [5.74, 6) is 0. The summed E-state index contributed by atoms with van der Waals surface area (Å²) in [6.07, 6.45) is 0. The highest BCUT2D eigenvalue weighted by Gasteiger charge is 2.19. The van der Waals surface area contributed by atoms with E-state index in [1.54, 1.807) is 11.3 Å². The van der Waals surface area contributed by atoms with Gasteiger partial charge in [-0.15, -0.1) is 11.3 Å². The topological polar surface area (TPSA) is 21.1 Å². The summed E-state index contributed by atoms with van der Waals surface area (Å²) in [7, 11) is 0. The van der Waals surface area contributed by atoms with Gasteiger partial charge in [-0.2, -0.15) is 0 Å². The molecule has 0 radical (unpaired) electrons. The van der Waals surface area contributed by atoms with Crippen molar-refractivity contribution in [3.63, 3.8) is 0 Å². The number of hydrogen-bond acceptors (Lipinski definition) is 3. The Bertz CT molecular complexity index is 3180. The molecule has 0 saturated heterocycles. The van der Waals surface area contributed by atoms with Gasteiger partial charge in [-0.05, 0) is 87.6 Å². The standard InChI is InChI=1S/C49H31N3S/c1-3-12-35(13-4-1)49-50-44-28-23-34-20-19-33-22-25-39(30-43(33)47(34)48(44)53-49)51(37-15-5-2-6-16-37)40-26-27-42-41-17-9-10-18-45(41)52(46(42)31-40)38-24-21-32-11-7-8-14-36(32)29-38/h1-31H. The van der Waals surface area contributed by atoms with Crippen LogP contribution >= 0.6 is 11.3 Å². The largest absolute Gasteiger partial charge is 0.310 e. The average molecular weight is 694 g/mol. The molecule has 53 heavy (non-hydrogen) atoms. The molecule has 3 nitrogen and oxygen atoms in total. The highest BCUT2D eigenvalue weighted by Crippen LogP contribution is 2.43. The first kappa shape index (κ1) is 29.9. The first-order chi connectivity index (χ1) is 26.3. The fraction of sp³-hybridized carbons (Fsp3) is 0. The van der Waals surface area contributed by atoms with Crippen molar-refractivity contribution in [2.24, 2.45) is 0 Å². The van der Waals surface area contributed by atoms with Gasteiger partial charge in [0.15, 0.2) is 0 Å². The van der Waals surface area contributed by atoms with Gasteiger partial charge in [0.2, 0.25) is 0 Å². The molecular formula is C49H31N3S. The zero-order chi connectivity index (χ0) is 34.9. The molecule has 0 unspecified atom stereocenters. The van der Waals surface area contributed by atoms with E-state index in [2.05, 4.69) is 198 Å². The zero-order valence-electron chi connectivity index (χ0n) is 28.6. The maximum Gasteiger partial charge on any atom is 0.124 e. The second-order valence-electron chi connectivity index (χ2n) is 13.6. The lowest BCUT2D eigenvalue weighted by molar-refractivity contribution is 1.18. The van der Waals surface area contributed by atoms with Crippen LogP contribution in [0.1, 0.15) is 0 Å². The molecule has 0 amide bonds. The quantitative estimate of drug-likeness (QED) is 0.167. The summed E-state index contributed by atoms with van der Waals surface area (Å²) in [6, 6.07) is 68.0. The molecule has 0 atom stereocenters. The van der Waals surface area contributed by atoms with Crippen LogP contribution in [0.15, 0.2) is 188 Å². The van der Waals surface area contributed by atoms with Crippen molar-refractivity contribution in [2.75, 3.05) is 4.90 Å². The van der Waals surface area contributed by atoms with Crippen LogP contribution in [0.3, 0.4) is 0 Å². The van der Waals surface area contributed by atoms with Crippen LogP contribution in [0.2, 0.25) is 0 Å². The van der Waals surface area contributed by atoms with Crippen molar-refractivity contribution in [3.8, 4) is 16.3 Å². The van der Waals surface area contributed by atoms with Gasteiger partial charge in [-0.1, -0.05) is 127 Å². The Labute approximate surface area is 310 Å². The number of thiazole rings is 1. The molecule has 0 saturated carbocycles. The minimum atomic E-state index is 1.03. The number of benzene rings is 9. The molecule has 9 aromatic carbocycles. The van der Waals surface area contributed by atoms with Gasteiger partial charge in [0.25, 0.3) is 0 Å². The third-order valence-electron chi connectivity index (χ3n) is 10.5. The van der Waals surface area contributed by atoms with Crippen molar-refractivity contribution in [1.29, 1.82) is 0 Å². The summed E-state index contributed by atoms with van der Waals surface area (Å²) in [5, 5.41) is 10.9. The summed E-state index contributed by atoms with van der Waals surface area (Å²) >= 11 is 1.78. The Morgan fingerprint density at radius 3 is 1.98 bits per heavy atom. The normalized spacial score (nSPS) is 11.8. The predicted molar refractivity (Wildman–Crippen MR) is 227 cm³/mol. The molecule has 0 aliphatic heterocycles. The van der Waals surface area contributed by atoms with E-state index in [4.69, 9.17) is 4.98 Å². The van der Waals surface area contributed by atoms with Crippen molar-refractivity contribution < 1.29 is 0 Å². The fourth-order valence-electron chi connectivity index (χ4n) is 8.07. The smallest absolute Gasteiger partial charge is 0.124 e. The molecule has 11 rings (SSSR count). The van der Waals surface area contributed by atoms with E-state index in [1.165, 1.54) is 58.8 Å². The molecule has 11 aromatic rings. The van der Waals surface area contributed by atoms with Crippen LogP contribution < -0.4 is 4.90 Å². The maximum absolute atomic E-state index is 5.10. The molecule has 4 heteroatoms. The van der Waals surface area contributed by atoms with E-state index in [0.29, 0.717) is 0 Å². The van der Waals surface area contributed by atoms with Crippen molar-refractivity contribution in [2.45, 2.75) is 0 Å². The molecule has 0 spiro atoms. The number of aromatic nitrogens is 2. The maximum atomic E-state index is 5.10. The predicted octanol–water partition coefficient (Wildman–Crippen LogP) is 14.0.